The van der Waals surface area contributed by atoms with Crippen molar-refractivity contribution in [3.05, 3.63) is 129 Å². The number of benzene rings is 3. The molecule has 0 aliphatic heterocycles. The van der Waals surface area contributed by atoms with E-state index >= 15 is 0 Å². The summed E-state index contributed by atoms with van der Waals surface area (Å²) in [6.07, 6.45) is 0.895. The van der Waals surface area contributed by atoms with Gasteiger partial charge in [-0.25, -0.2) is 9.46 Å². The second kappa shape index (κ2) is 17.9. The Morgan fingerprint density at radius 2 is 1.39 bits per heavy atom. The predicted molar refractivity (Wildman–Crippen MR) is 190 cm³/mol. The fourth-order valence-corrected chi connectivity index (χ4v) is 7.33. The third kappa shape index (κ3) is 9.44. The number of hydrogen-bond donors (Lipinski definition) is 1. The van der Waals surface area contributed by atoms with Crippen LogP contribution in [0.1, 0.15) is 50.8 Å². The molecule has 1 heterocycles. The Hall–Kier alpha value is -4.30. The first kappa shape index (κ1) is 37.5. The lowest BCUT2D eigenvalue weighted by Crippen LogP contribution is -2.40. The van der Waals surface area contributed by atoms with Gasteiger partial charge in [-0.3, -0.25) is 14.3 Å². The minimum Gasteiger partial charge on any atom is -0.497 e. The highest BCUT2D eigenvalue weighted by molar-refractivity contribution is 7.44. The molecule has 0 saturated heterocycles. The van der Waals surface area contributed by atoms with Crippen LogP contribution in [0.2, 0.25) is 0 Å². The van der Waals surface area contributed by atoms with Crippen molar-refractivity contribution in [3.63, 3.8) is 0 Å². The molecule has 4 aromatic rings. The summed E-state index contributed by atoms with van der Waals surface area (Å²) in [6.45, 7) is 8.45. The van der Waals surface area contributed by atoms with Crippen LogP contribution in [0.4, 0.5) is 0 Å². The van der Waals surface area contributed by atoms with Crippen LogP contribution in [0.5, 0.6) is 11.5 Å². The van der Waals surface area contributed by atoms with Gasteiger partial charge in [0, 0.05) is 24.3 Å². The third-order valence-electron chi connectivity index (χ3n) is 7.86. The van der Waals surface area contributed by atoms with Crippen molar-refractivity contribution in [2.45, 2.75) is 64.4 Å². The molecule has 0 fully saturated rings. The van der Waals surface area contributed by atoms with Crippen LogP contribution in [0, 0.1) is 11.3 Å². The molecular weight excluding hydrogens is 643 g/mol. The van der Waals surface area contributed by atoms with Crippen molar-refractivity contribution >= 4 is 8.53 Å². The summed E-state index contributed by atoms with van der Waals surface area (Å²) in [4.78, 5) is 27.2. The van der Waals surface area contributed by atoms with Crippen molar-refractivity contribution in [3.8, 4) is 17.6 Å². The monoisotopic (exact) mass is 688 g/mol. The summed E-state index contributed by atoms with van der Waals surface area (Å²) in [6, 6.07) is 28.8. The number of aromatic nitrogens is 2. The number of hydrogen-bond acceptors (Lipinski definition) is 9. The molecule has 12 heteroatoms. The van der Waals surface area contributed by atoms with Crippen LogP contribution in [-0.2, 0) is 25.9 Å². The Labute approximate surface area is 288 Å². The maximum Gasteiger partial charge on any atom is 0.328 e. The molecule has 49 heavy (non-hydrogen) atoms. The van der Waals surface area contributed by atoms with Crippen molar-refractivity contribution in [2.24, 2.45) is 0 Å². The van der Waals surface area contributed by atoms with E-state index in [0.717, 1.165) is 16.7 Å². The van der Waals surface area contributed by atoms with Gasteiger partial charge in [-0.05, 0) is 68.7 Å². The van der Waals surface area contributed by atoms with E-state index in [9.17, 15) is 14.9 Å². The number of H-pyrrole nitrogens is 1. The highest BCUT2D eigenvalue weighted by atomic mass is 31.2. The first-order chi connectivity index (χ1) is 23.6. The van der Waals surface area contributed by atoms with Gasteiger partial charge >= 0.3 is 5.69 Å². The molecule has 0 bridgehead atoms. The average Bonchev–Trinajstić information content (AvgIpc) is 3.10. The number of nitriles is 1. The Kier molecular flexibility index (Phi) is 13.7. The summed E-state index contributed by atoms with van der Waals surface area (Å²) in [5.41, 5.74) is 0.331. The molecule has 0 spiro atoms. The van der Waals surface area contributed by atoms with Crippen LogP contribution in [0.15, 0.2) is 101 Å². The van der Waals surface area contributed by atoms with Crippen LogP contribution in [0.3, 0.4) is 0 Å². The summed E-state index contributed by atoms with van der Waals surface area (Å²) < 4.78 is 34.6. The number of rotatable bonds is 18. The summed E-state index contributed by atoms with van der Waals surface area (Å²) >= 11 is 0. The minimum absolute atomic E-state index is 0.00297. The summed E-state index contributed by atoms with van der Waals surface area (Å²) in [7, 11) is 1.53. The number of nitrogens with one attached hydrogen (secondary N) is 1. The van der Waals surface area contributed by atoms with Crippen LogP contribution in [-0.4, -0.2) is 59.8 Å². The Bertz CT molecular complexity index is 1700. The van der Waals surface area contributed by atoms with Gasteiger partial charge in [0.25, 0.3) is 14.1 Å². The maximum absolute atomic E-state index is 12.9. The van der Waals surface area contributed by atoms with Gasteiger partial charge in [-0.2, -0.15) is 5.26 Å². The maximum atomic E-state index is 12.9. The van der Waals surface area contributed by atoms with E-state index in [1.165, 1.54) is 16.8 Å². The predicted octanol–water partition coefficient (Wildman–Crippen LogP) is 6.22. The molecular formula is C37H45N4O7P. The smallest absolute Gasteiger partial charge is 0.328 e. The topological polar surface area (TPSA) is 128 Å². The Morgan fingerprint density at radius 1 is 0.837 bits per heavy atom. The molecule has 1 N–H and O–H groups in total. The molecule has 4 rings (SSSR count). The van der Waals surface area contributed by atoms with Gasteiger partial charge in [0.05, 0.1) is 46.5 Å². The lowest BCUT2D eigenvalue weighted by molar-refractivity contribution is -0.0387. The molecule has 11 nitrogen and oxygen atoms in total. The largest absolute Gasteiger partial charge is 0.497 e. The van der Waals surface area contributed by atoms with Crippen molar-refractivity contribution in [1.29, 1.82) is 5.26 Å². The summed E-state index contributed by atoms with van der Waals surface area (Å²) in [5, 5.41) is 9.25. The second-order valence-electron chi connectivity index (χ2n) is 11.9. The molecule has 2 atom stereocenters. The van der Waals surface area contributed by atoms with E-state index in [4.69, 9.17) is 23.3 Å². The summed E-state index contributed by atoms with van der Waals surface area (Å²) in [5.74, 6) is 1.39. The molecule has 0 saturated carbocycles. The second-order valence-corrected chi connectivity index (χ2v) is 13.3. The Balaban J connectivity index is 1.86. The van der Waals surface area contributed by atoms with Crippen molar-refractivity contribution in [1.82, 2.24) is 14.2 Å². The fraction of sp³-hybridized carbons (Fsp3) is 0.378. The van der Waals surface area contributed by atoms with Crippen LogP contribution in [0.25, 0.3) is 0 Å². The number of ether oxygens (including phenoxy) is 3. The fourth-order valence-electron chi connectivity index (χ4n) is 5.64. The van der Waals surface area contributed by atoms with Gasteiger partial charge in [-0.1, -0.05) is 54.6 Å². The van der Waals surface area contributed by atoms with E-state index in [0.29, 0.717) is 11.5 Å². The van der Waals surface area contributed by atoms with Crippen molar-refractivity contribution < 1.29 is 23.3 Å². The molecule has 3 aromatic carbocycles. The van der Waals surface area contributed by atoms with Gasteiger partial charge in [0.15, 0.2) is 0 Å². The number of nitrogens with zero attached hydrogens (tertiary/aromatic N) is 3. The zero-order chi connectivity index (χ0) is 35.4. The first-order valence-corrected chi connectivity index (χ1v) is 17.3. The highest BCUT2D eigenvalue weighted by Gasteiger charge is 2.40. The lowest BCUT2D eigenvalue weighted by Gasteiger charge is -2.39. The van der Waals surface area contributed by atoms with Crippen LogP contribution >= 0.6 is 8.53 Å². The average molecular weight is 689 g/mol. The first-order valence-electron chi connectivity index (χ1n) is 16.2. The van der Waals surface area contributed by atoms with E-state index in [2.05, 4.69) is 43.4 Å². The van der Waals surface area contributed by atoms with E-state index in [1.54, 1.807) is 14.2 Å². The van der Waals surface area contributed by atoms with E-state index < -0.39 is 31.5 Å². The number of aromatic amines is 1. The normalized spacial score (nSPS) is 13.0. The molecule has 0 aliphatic carbocycles. The molecule has 1 aromatic heterocycles. The highest BCUT2D eigenvalue weighted by Crippen LogP contribution is 2.48. The quantitative estimate of drug-likeness (QED) is 0.0736. The SMILES string of the molecule is COc1ccc(C(OC[C@@H](Cn2ccc(=O)[nH]c2=O)OP(OCCC#N)N(C(C)C)C(C)C)(c2ccccc2)c2ccc(OC)cc2)cc1. The van der Waals surface area contributed by atoms with Gasteiger partial charge in [0.1, 0.15) is 23.2 Å². The number of methoxy groups -OCH3 is 2. The van der Waals surface area contributed by atoms with Gasteiger partial charge < -0.3 is 23.3 Å². The zero-order valence-corrected chi connectivity index (χ0v) is 29.8. The van der Waals surface area contributed by atoms with Crippen LogP contribution < -0.4 is 20.7 Å². The van der Waals surface area contributed by atoms with E-state index in [1.807, 2.05) is 78.9 Å². The van der Waals surface area contributed by atoms with E-state index in [-0.39, 0.29) is 38.3 Å². The molecule has 0 radical (unpaired) electrons. The molecule has 0 amide bonds. The van der Waals surface area contributed by atoms with Crippen molar-refractivity contribution in [2.75, 3.05) is 27.4 Å². The Morgan fingerprint density at radius 3 is 1.88 bits per heavy atom. The molecule has 260 valence electrons. The molecule has 0 aliphatic rings. The van der Waals surface area contributed by atoms with Gasteiger partial charge in [0.2, 0.25) is 0 Å². The standard InChI is InChI=1S/C37H45N4O7P/c1-27(2)41(28(3)4)49(47-24-10-22-38)48-34(25-40-23-21-35(42)39-36(40)43)26-46-37(29-11-8-7-9-12-29,30-13-17-32(44-5)18-14-30)31-15-19-33(45-6)20-16-31/h7-9,11-21,23,27-28,34H,10,24-26H2,1-6H3,(H,39,42,43)/t34-,49?/m1/s1. The minimum atomic E-state index is -1.71. The zero-order valence-electron chi connectivity index (χ0n) is 28.9. The molecule has 1 unspecified atom stereocenters. The third-order valence-corrected chi connectivity index (χ3v) is 10.0. The van der Waals surface area contributed by atoms with Gasteiger partial charge in [-0.15, -0.1) is 0 Å². The lowest BCUT2D eigenvalue weighted by atomic mass is 9.80.